The summed E-state index contributed by atoms with van der Waals surface area (Å²) in [5.74, 6) is -0.815. The lowest BCUT2D eigenvalue weighted by Gasteiger charge is -2.39. The largest absolute Gasteiger partial charge is 0.457 e. The van der Waals surface area contributed by atoms with E-state index in [1.165, 1.54) is 0 Å². The lowest BCUT2D eigenvalue weighted by atomic mass is 9.67. The molecule has 3 aliphatic rings. The number of ketones is 3. The van der Waals surface area contributed by atoms with E-state index in [1.807, 2.05) is 19.9 Å². The van der Waals surface area contributed by atoms with E-state index in [4.69, 9.17) is 16.3 Å². The Kier molecular flexibility index (Phi) is 4.13. The molecule has 0 aromatic heterocycles. The topological polar surface area (TPSA) is 60.4 Å². The highest BCUT2D eigenvalue weighted by molar-refractivity contribution is 6.31. The molecule has 0 saturated carbocycles. The highest BCUT2D eigenvalue weighted by Crippen LogP contribution is 2.51. The molecule has 1 unspecified atom stereocenters. The Morgan fingerprint density at radius 2 is 1.60 bits per heavy atom. The van der Waals surface area contributed by atoms with Crippen LogP contribution in [0.5, 0.6) is 0 Å². The van der Waals surface area contributed by atoms with Gasteiger partial charge in [0.25, 0.3) is 0 Å². The Morgan fingerprint density at radius 1 is 0.900 bits per heavy atom. The molecule has 2 aliphatic carbocycles. The van der Waals surface area contributed by atoms with Crippen molar-refractivity contribution >= 4 is 29.0 Å². The second kappa shape index (κ2) is 6.51. The van der Waals surface area contributed by atoms with Crippen LogP contribution >= 0.6 is 11.6 Å². The minimum absolute atomic E-state index is 0.0351. The SMILES string of the molecule is CC1(C)CC(=O)C2=C(C1)OC1=C(C(=O)c3ccccc3C1=O)C2c1cccc(Cl)c1. The van der Waals surface area contributed by atoms with E-state index in [9.17, 15) is 14.4 Å². The van der Waals surface area contributed by atoms with Gasteiger partial charge in [0, 0.05) is 40.5 Å². The van der Waals surface area contributed by atoms with Crippen LogP contribution in [0.15, 0.2) is 71.2 Å². The molecule has 1 atom stereocenters. The number of benzene rings is 2. The summed E-state index contributed by atoms with van der Waals surface area (Å²) in [6.07, 6.45) is 0.874. The monoisotopic (exact) mass is 418 g/mol. The first-order chi connectivity index (χ1) is 14.3. The Hall–Kier alpha value is -2.98. The first kappa shape index (κ1) is 19.0. The molecule has 5 heteroatoms. The zero-order valence-corrected chi connectivity index (χ0v) is 17.4. The minimum atomic E-state index is -0.671. The molecule has 1 heterocycles. The highest BCUT2D eigenvalue weighted by Gasteiger charge is 2.48. The van der Waals surface area contributed by atoms with Gasteiger partial charge in [-0.2, -0.15) is 0 Å². The molecule has 0 amide bonds. The Balaban J connectivity index is 1.77. The number of allylic oxidation sites excluding steroid dienone is 4. The lowest BCUT2D eigenvalue weighted by Crippen LogP contribution is -2.37. The van der Waals surface area contributed by atoms with Gasteiger partial charge in [-0.15, -0.1) is 0 Å². The van der Waals surface area contributed by atoms with Crippen molar-refractivity contribution in [3.63, 3.8) is 0 Å². The molecule has 5 rings (SSSR count). The number of rotatable bonds is 1. The number of Topliss-reactive ketones (excluding diaryl/α,β-unsaturated/α-hetero) is 3. The molecule has 150 valence electrons. The summed E-state index contributed by atoms with van der Waals surface area (Å²) in [4.78, 5) is 40.0. The smallest absolute Gasteiger partial charge is 0.229 e. The fourth-order valence-electron chi connectivity index (χ4n) is 4.71. The van der Waals surface area contributed by atoms with E-state index in [0.717, 1.165) is 0 Å². The lowest BCUT2D eigenvalue weighted by molar-refractivity contribution is -0.119. The number of carbonyl (C=O) groups is 3. The minimum Gasteiger partial charge on any atom is -0.457 e. The quantitative estimate of drug-likeness (QED) is 0.619. The Morgan fingerprint density at radius 3 is 2.30 bits per heavy atom. The van der Waals surface area contributed by atoms with Crippen molar-refractivity contribution in [1.29, 1.82) is 0 Å². The van der Waals surface area contributed by atoms with Gasteiger partial charge in [0.2, 0.25) is 5.78 Å². The van der Waals surface area contributed by atoms with Crippen LogP contribution in [-0.2, 0) is 9.53 Å². The molecule has 0 saturated heterocycles. The van der Waals surface area contributed by atoms with E-state index < -0.39 is 5.92 Å². The first-order valence-electron chi connectivity index (χ1n) is 9.89. The van der Waals surface area contributed by atoms with Crippen molar-refractivity contribution < 1.29 is 19.1 Å². The van der Waals surface area contributed by atoms with Gasteiger partial charge in [0.15, 0.2) is 17.3 Å². The summed E-state index contributed by atoms with van der Waals surface area (Å²) in [6.45, 7) is 4.00. The second-order valence-electron chi connectivity index (χ2n) is 8.81. The van der Waals surface area contributed by atoms with Gasteiger partial charge >= 0.3 is 0 Å². The van der Waals surface area contributed by atoms with Gasteiger partial charge in [0.05, 0.1) is 5.57 Å². The number of halogens is 1. The maximum absolute atomic E-state index is 13.5. The third kappa shape index (κ3) is 2.78. The summed E-state index contributed by atoms with van der Waals surface area (Å²) >= 11 is 6.24. The average Bonchev–Trinajstić information content (AvgIpc) is 2.69. The highest BCUT2D eigenvalue weighted by atomic mass is 35.5. The zero-order valence-electron chi connectivity index (χ0n) is 16.6. The molecule has 2 aromatic carbocycles. The number of ether oxygens (including phenoxy) is 1. The van der Waals surface area contributed by atoms with Crippen LogP contribution in [0.2, 0.25) is 5.02 Å². The van der Waals surface area contributed by atoms with E-state index in [2.05, 4.69) is 0 Å². The van der Waals surface area contributed by atoms with Crippen LogP contribution in [0.3, 0.4) is 0 Å². The van der Waals surface area contributed by atoms with Crippen molar-refractivity contribution in [2.45, 2.75) is 32.6 Å². The number of hydrogen-bond acceptors (Lipinski definition) is 4. The summed E-state index contributed by atoms with van der Waals surface area (Å²) < 4.78 is 6.06. The third-order valence-electron chi connectivity index (χ3n) is 5.98. The molecule has 1 aliphatic heterocycles. The predicted octanol–water partition coefficient (Wildman–Crippen LogP) is 5.43. The van der Waals surface area contributed by atoms with Crippen LogP contribution in [0.1, 0.15) is 58.9 Å². The summed E-state index contributed by atoms with van der Waals surface area (Å²) in [5, 5.41) is 0.502. The van der Waals surface area contributed by atoms with Crippen molar-refractivity contribution in [1.82, 2.24) is 0 Å². The van der Waals surface area contributed by atoms with Gasteiger partial charge < -0.3 is 4.74 Å². The van der Waals surface area contributed by atoms with Gasteiger partial charge in [-0.1, -0.05) is 61.8 Å². The predicted molar refractivity (Wildman–Crippen MR) is 112 cm³/mol. The average molecular weight is 419 g/mol. The summed E-state index contributed by atoms with van der Waals surface area (Å²) in [6, 6.07) is 13.8. The Bertz CT molecular complexity index is 1220. The van der Waals surface area contributed by atoms with Gasteiger partial charge in [-0.3, -0.25) is 14.4 Å². The van der Waals surface area contributed by atoms with Crippen molar-refractivity contribution in [2.75, 3.05) is 0 Å². The van der Waals surface area contributed by atoms with Crippen LogP contribution in [0, 0.1) is 5.41 Å². The van der Waals surface area contributed by atoms with Crippen molar-refractivity contribution in [3.8, 4) is 0 Å². The van der Waals surface area contributed by atoms with E-state index in [1.54, 1.807) is 42.5 Å². The Labute approximate surface area is 179 Å². The molecular weight excluding hydrogens is 400 g/mol. The molecule has 0 N–H and O–H groups in total. The van der Waals surface area contributed by atoms with Crippen LogP contribution in [0.4, 0.5) is 0 Å². The molecule has 0 bridgehead atoms. The molecule has 2 aromatic rings. The van der Waals surface area contributed by atoms with Crippen molar-refractivity contribution in [2.24, 2.45) is 5.41 Å². The first-order valence-corrected chi connectivity index (χ1v) is 10.3. The van der Waals surface area contributed by atoms with Gasteiger partial charge in [-0.05, 0) is 23.1 Å². The zero-order chi connectivity index (χ0) is 21.2. The normalized spacial score (nSPS) is 22.4. The molecule has 0 spiro atoms. The molecule has 0 fully saturated rings. The molecular formula is C25H19ClO4. The number of carbonyl (C=O) groups excluding carboxylic acids is 3. The standard InChI is InChI=1S/C25H19ClO4/c1-25(2)11-17(27)20-18(12-25)30-24-21(19(20)13-6-5-7-14(26)10-13)22(28)15-8-3-4-9-16(15)23(24)29/h3-10,19H,11-12H2,1-2H3. The van der Waals surface area contributed by atoms with Crippen LogP contribution in [0.25, 0.3) is 0 Å². The summed E-state index contributed by atoms with van der Waals surface area (Å²) in [5.41, 5.74) is 1.79. The molecule has 4 nitrogen and oxygen atoms in total. The maximum Gasteiger partial charge on any atom is 0.229 e. The second-order valence-corrected chi connectivity index (χ2v) is 9.25. The van der Waals surface area contributed by atoms with Gasteiger partial charge in [-0.25, -0.2) is 0 Å². The molecule has 30 heavy (non-hydrogen) atoms. The fourth-order valence-corrected chi connectivity index (χ4v) is 4.91. The maximum atomic E-state index is 13.5. The van der Waals surface area contributed by atoms with E-state index >= 15 is 0 Å². The van der Waals surface area contributed by atoms with Crippen LogP contribution < -0.4 is 0 Å². The number of fused-ring (bicyclic) bond motifs is 1. The van der Waals surface area contributed by atoms with Gasteiger partial charge in [0.1, 0.15) is 5.76 Å². The third-order valence-corrected chi connectivity index (χ3v) is 6.21. The van der Waals surface area contributed by atoms with E-state index in [-0.39, 0.29) is 34.1 Å². The summed E-state index contributed by atoms with van der Waals surface area (Å²) in [7, 11) is 0. The van der Waals surface area contributed by atoms with Crippen molar-refractivity contribution in [3.05, 3.63) is 92.9 Å². The van der Waals surface area contributed by atoms with Crippen LogP contribution in [-0.4, -0.2) is 17.3 Å². The fraction of sp³-hybridized carbons (Fsp3) is 0.240. The molecule has 0 radical (unpaired) electrons. The van der Waals surface area contributed by atoms with E-state index in [0.29, 0.717) is 45.9 Å². The number of hydrogen-bond donors (Lipinski definition) is 0.